The molecule has 1 aromatic heterocycles. The summed E-state index contributed by atoms with van der Waals surface area (Å²) in [6.07, 6.45) is 0. The number of esters is 1. The molecule has 0 aliphatic carbocycles. The van der Waals surface area contributed by atoms with Crippen molar-refractivity contribution in [2.45, 2.75) is 4.90 Å². The van der Waals surface area contributed by atoms with E-state index in [2.05, 4.69) is 0 Å². The minimum absolute atomic E-state index is 0.00957. The quantitative estimate of drug-likeness (QED) is 0.339. The largest absolute Gasteiger partial charge is 0.495 e. The third-order valence-corrected chi connectivity index (χ3v) is 7.40. The summed E-state index contributed by atoms with van der Waals surface area (Å²) in [6, 6.07) is 24.4. The van der Waals surface area contributed by atoms with Crippen molar-refractivity contribution >= 4 is 37.8 Å². The van der Waals surface area contributed by atoms with E-state index in [9.17, 15) is 13.2 Å². The van der Waals surface area contributed by atoms with Crippen LogP contribution in [0.1, 0.15) is 10.4 Å². The first kappa shape index (κ1) is 21.7. The third-order valence-electron chi connectivity index (χ3n) is 5.65. The summed E-state index contributed by atoms with van der Waals surface area (Å²) >= 11 is 0. The normalized spacial score (nSPS) is 11.6. The summed E-state index contributed by atoms with van der Waals surface area (Å²) in [6.45, 7) is 0. The molecule has 0 bridgehead atoms. The number of carbonyl (C=O) groups excluding carboxylic acids is 1. The van der Waals surface area contributed by atoms with E-state index >= 15 is 0 Å². The molecule has 0 aliphatic heterocycles. The second kappa shape index (κ2) is 8.31. The van der Waals surface area contributed by atoms with E-state index in [0.717, 1.165) is 10.8 Å². The maximum absolute atomic E-state index is 14.0. The second-order valence-corrected chi connectivity index (χ2v) is 9.33. The fourth-order valence-electron chi connectivity index (χ4n) is 4.07. The number of aromatic nitrogens is 2. The highest BCUT2D eigenvalue weighted by molar-refractivity contribution is 7.90. The van der Waals surface area contributed by atoms with Gasteiger partial charge in [0.15, 0.2) is 5.82 Å². The van der Waals surface area contributed by atoms with Gasteiger partial charge in [0.25, 0.3) is 10.0 Å². The van der Waals surface area contributed by atoms with Gasteiger partial charge in [-0.15, -0.1) is 0 Å². The van der Waals surface area contributed by atoms with Crippen molar-refractivity contribution in [3.8, 4) is 17.1 Å². The van der Waals surface area contributed by atoms with Crippen LogP contribution in [0.3, 0.4) is 0 Å². The number of para-hydroxylation sites is 1. The Balaban J connectivity index is 1.88. The van der Waals surface area contributed by atoms with E-state index in [1.807, 2.05) is 42.5 Å². The van der Waals surface area contributed by atoms with E-state index in [1.54, 1.807) is 24.3 Å². The minimum atomic E-state index is -4.14. The number of rotatable bonds is 5. The molecule has 0 unspecified atom stereocenters. The lowest BCUT2D eigenvalue weighted by Crippen LogP contribution is -2.15. The lowest BCUT2D eigenvalue weighted by Gasteiger charge is -2.14. The summed E-state index contributed by atoms with van der Waals surface area (Å²) in [4.78, 5) is 16.8. The molecule has 0 atom stereocenters. The number of carbonyl (C=O) groups is 1. The van der Waals surface area contributed by atoms with Gasteiger partial charge in [0.2, 0.25) is 0 Å². The molecule has 7 nitrogen and oxygen atoms in total. The minimum Gasteiger partial charge on any atom is -0.495 e. The molecule has 5 rings (SSSR count). The first-order chi connectivity index (χ1) is 16.5. The summed E-state index contributed by atoms with van der Waals surface area (Å²) < 4.78 is 39.5. The van der Waals surface area contributed by atoms with Gasteiger partial charge >= 0.3 is 5.97 Å². The highest BCUT2D eigenvalue weighted by atomic mass is 32.2. The van der Waals surface area contributed by atoms with Gasteiger partial charge in [-0.2, -0.15) is 0 Å². The van der Waals surface area contributed by atoms with Crippen LogP contribution < -0.4 is 4.74 Å². The molecule has 8 heteroatoms. The van der Waals surface area contributed by atoms with Crippen LogP contribution >= 0.6 is 0 Å². The Morgan fingerprint density at radius 1 is 0.882 bits per heavy atom. The van der Waals surface area contributed by atoms with Crippen LogP contribution in [0.25, 0.3) is 33.2 Å². The van der Waals surface area contributed by atoms with Crippen LogP contribution in [0.15, 0.2) is 89.8 Å². The average molecular weight is 473 g/mol. The molecular weight excluding hydrogens is 452 g/mol. The number of methoxy groups -OCH3 is 2. The smallest absolute Gasteiger partial charge is 0.337 e. The van der Waals surface area contributed by atoms with Gasteiger partial charge in [0.1, 0.15) is 10.6 Å². The molecule has 0 radical (unpaired) electrons. The van der Waals surface area contributed by atoms with Gasteiger partial charge in [0.05, 0.1) is 30.8 Å². The van der Waals surface area contributed by atoms with E-state index in [4.69, 9.17) is 14.5 Å². The van der Waals surface area contributed by atoms with Gasteiger partial charge in [-0.3, -0.25) is 0 Å². The Labute approximate surface area is 196 Å². The Morgan fingerprint density at radius 2 is 1.62 bits per heavy atom. The number of benzene rings is 4. The van der Waals surface area contributed by atoms with E-state index in [-0.39, 0.29) is 22.0 Å². The average Bonchev–Trinajstić information content (AvgIpc) is 3.27. The van der Waals surface area contributed by atoms with Gasteiger partial charge in [-0.1, -0.05) is 54.6 Å². The lowest BCUT2D eigenvalue weighted by atomic mass is 10.0. The zero-order valence-corrected chi connectivity index (χ0v) is 19.2. The van der Waals surface area contributed by atoms with Crippen molar-refractivity contribution in [2.24, 2.45) is 0 Å². The SMILES string of the molecule is COC(=O)c1ccc2c(c1)nc(-c1cccc3ccccc13)n2S(=O)(=O)c1ccccc1OC. The summed E-state index contributed by atoms with van der Waals surface area (Å²) in [5, 5.41) is 1.80. The van der Waals surface area contributed by atoms with Crippen LogP contribution in [0, 0.1) is 0 Å². The molecule has 0 spiro atoms. The molecule has 0 fully saturated rings. The van der Waals surface area contributed by atoms with Crippen molar-refractivity contribution < 1.29 is 22.7 Å². The summed E-state index contributed by atoms with van der Waals surface area (Å²) in [5.74, 6) is -0.0742. The standard InChI is InChI=1S/C26H20N2O5S/c1-32-23-12-5-6-13-24(23)34(30,31)28-22-15-14-18(26(29)33-2)16-21(22)27-25(28)20-11-7-9-17-8-3-4-10-19(17)20/h3-16H,1-2H3. The van der Waals surface area contributed by atoms with E-state index in [0.29, 0.717) is 16.6 Å². The number of imidazole rings is 1. The van der Waals surface area contributed by atoms with Crippen LogP contribution in [0.4, 0.5) is 0 Å². The predicted molar refractivity (Wildman–Crippen MR) is 130 cm³/mol. The molecule has 0 N–H and O–H groups in total. The maximum atomic E-state index is 14.0. The number of nitrogens with zero attached hydrogens (tertiary/aromatic N) is 2. The highest BCUT2D eigenvalue weighted by Gasteiger charge is 2.29. The van der Waals surface area contributed by atoms with Crippen LogP contribution in [-0.4, -0.2) is 37.6 Å². The fraction of sp³-hybridized carbons (Fsp3) is 0.0769. The first-order valence-electron chi connectivity index (χ1n) is 10.4. The van der Waals surface area contributed by atoms with Crippen LogP contribution in [0.2, 0.25) is 0 Å². The lowest BCUT2D eigenvalue weighted by molar-refractivity contribution is 0.0601. The predicted octanol–water partition coefficient (Wildman–Crippen LogP) is 4.89. The molecule has 0 saturated carbocycles. The van der Waals surface area contributed by atoms with Crippen molar-refractivity contribution in [2.75, 3.05) is 14.2 Å². The molecule has 0 amide bonds. The second-order valence-electron chi connectivity index (χ2n) is 7.58. The van der Waals surface area contributed by atoms with Gasteiger partial charge in [-0.05, 0) is 41.1 Å². The molecule has 34 heavy (non-hydrogen) atoms. The third kappa shape index (κ3) is 3.39. The Kier molecular flexibility index (Phi) is 5.30. The fourth-order valence-corrected chi connectivity index (χ4v) is 5.70. The maximum Gasteiger partial charge on any atom is 0.337 e. The highest BCUT2D eigenvalue weighted by Crippen LogP contribution is 2.35. The van der Waals surface area contributed by atoms with E-state index < -0.39 is 16.0 Å². The number of hydrogen-bond acceptors (Lipinski definition) is 6. The molecular formula is C26H20N2O5S. The number of fused-ring (bicyclic) bond motifs is 2. The molecule has 170 valence electrons. The van der Waals surface area contributed by atoms with Crippen molar-refractivity contribution in [3.63, 3.8) is 0 Å². The molecule has 0 saturated heterocycles. The summed E-state index contributed by atoms with van der Waals surface area (Å²) in [7, 11) is -1.42. The number of hydrogen-bond donors (Lipinski definition) is 0. The summed E-state index contributed by atoms with van der Waals surface area (Å²) in [5.41, 5.74) is 1.61. The first-order valence-corrected chi connectivity index (χ1v) is 11.9. The van der Waals surface area contributed by atoms with Crippen molar-refractivity contribution in [1.29, 1.82) is 0 Å². The van der Waals surface area contributed by atoms with Gasteiger partial charge in [0, 0.05) is 5.56 Å². The molecule has 5 aromatic rings. The van der Waals surface area contributed by atoms with E-state index in [1.165, 1.54) is 36.4 Å². The molecule has 1 heterocycles. The van der Waals surface area contributed by atoms with Crippen molar-refractivity contribution in [1.82, 2.24) is 8.96 Å². The molecule has 4 aromatic carbocycles. The Bertz CT molecular complexity index is 1670. The topological polar surface area (TPSA) is 87.5 Å². The Hall–Kier alpha value is -4.17. The monoisotopic (exact) mass is 472 g/mol. The molecule has 0 aliphatic rings. The van der Waals surface area contributed by atoms with Crippen LogP contribution in [0.5, 0.6) is 5.75 Å². The zero-order valence-electron chi connectivity index (χ0n) is 18.4. The van der Waals surface area contributed by atoms with Gasteiger partial charge < -0.3 is 9.47 Å². The van der Waals surface area contributed by atoms with Gasteiger partial charge in [-0.25, -0.2) is 22.2 Å². The Morgan fingerprint density at radius 3 is 2.41 bits per heavy atom. The zero-order chi connectivity index (χ0) is 23.9. The van der Waals surface area contributed by atoms with Crippen LogP contribution in [-0.2, 0) is 14.8 Å². The van der Waals surface area contributed by atoms with Crippen molar-refractivity contribution in [3.05, 3.63) is 90.5 Å². The number of ether oxygens (including phenoxy) is 2.